The van der Waals surface area contributed by atoms with Crippen molar-refractivity contribution in [2.45, 2.75) is 171 Å². The molecular weight excluding hydrogens is 927 g/mol. The van der Waals surface area contributed by atoms with Gasteiger partial charge in [0.2, 0.25) is 11.7 Å². The van der Waals surface area contributed by atoms with Crippen LogP contribution in [0.5, 0.6) is 23.0 Å². The lowest BCUT2D eigenvalue weighted by Gasteiger charge is -2.50. The predicted octanol–water partition coefficient (Wildman–Crippen LogP) is 5.88. The van der Waals surface area contributed by atoms with Crippen LogP contribution >= 0.6 is 0 Å². The fourth-order valence-electron chi connectivity index (χ4n) is 14.1. The minimum absolute atomic E-state index is 0.0218. The normalized spacial score (nSPS) is 32.4. The number of aliphatic hydroxyl groups excluding tert-OH is 4. The van der Waals surface area contributed by atoms with Crippen molar-refractivity contribution in [2.24, 2.45) is 22.7 Å². The highest BCUT2D eigenvalue weighted by Gasteiger charge is 2.63. The van der Waals surface area contributed by atoms with Gasteiger partial charge in [0.05, 0.1) is 54.8 Å². The number of carbonyl (C=O) groups excluding carboxylic acids is 4. The molecular formula is C56H71NO15. The summed E-state index contributed by atoms with van der Waals surface area (Å²) in [6, 6.07) is 9.31. The molecule has 1 heterocycles. The predicted molar refractivity (Wildman–Crippen MR) is 261 cm³/mol. The van der Waals surface area contributed by atoms with E-state index in [1.165, 1.54) is 36.4 Å². The molecule has 0 bridgehead atoms. The van der Waals surface area contributed by atoms with E-state index in [9.17, 15) is 60.0 Å². The number of ketones is 3. The number of phenols is 3. The summed E-state index contributed by atoms with van der Waals surface area (Å²) in [5.74, 6) is -2.73. The van der Waals surface area contributed by atoms with Crippen LogP contribution in [0.1, 0.15) is 176 Å². The summed E-state index contributed by atoms with van der Waals surface area (Å²) in [7, 11) is 1.32. The first-order valence-corrected chi connectivity index (χ1v) is 26.0. The summed E-state index contributed by atoms with van der Waals surface area (Å²) >= 11 is 0. The van der Waals surface area contributed by atoms with Gasteiger partial charge >= 0.3 is 0 Å². The Morgan fingerprint density at radius 2 is 1.61 bits per heavy atom. The van der Waals surface area contributed by atoms with Crippen molar-refractivity contribution in [1.82, 2.24) is 5.32 Å². The van der Waals surface area contributed by atoms with E-state index in [1.54, 1.807) is 13.0 Å². The second-order valence-corrected chi connectivity index (χ2v) is 22.1. The molecule has 3 fully saturated rings. The molecule has 3 aromatic rings. The summed E-state index contributed by atoms with van der Waals surface area (Å²) in [5.41, 5.74) is -2.08. The summed E-state index contributed by atoms with van der Waals surface area (Å²) < 4.78 is 17.7. The molecule has 6 aliphatic rings. The average Bonchev–Trinajstić information content (AvgIpc) is 3.59. The number of methoxy groups -OCH3 is 1. The zero-order chi connectivity index (χ0) is 51.4. The van der Waals surface area contributed by atoms with Crippen LogP contribution in [0.2, 0.25) is 0 Å². The van der Waals surface area contributed by atoms with Gasteiger partial charge in [0.25, 0.3) is 0 Å². The zero-order valence-electron chi connectivity index (χ0n) is 41.5. The van der Waals surface area contributed by atoms with E-state index in [0.717, 1.165) is 77.0 Å². The SMILES string of the molecule is COc1cccc2c1C(=O)c1c(O)c3c(c(O)c1C2=O)C[C@@](O)(C(=O)CO)C[C@@H]3O[C@H]1C[C@H](NC(=O)CCCCCCCCC[C@]2(CO)C[C@H]3[C@@H]4CCc5cc(O)ccc5[C@H]4CC[C@]3(C)[C@H]2O)[C@H](O)[C@H](C)O1. The Morgan fingerprint density at radius 1 is 0.889 bits per heavy atom. The number of rotatable bonds is 17. The molecule has 0 unspecified atom stereocenters. The van der Waals surface area contributed by atoms with Crippen molar-refractivity contribution in [3.05, 3.63) is 80.9 Å². The number of Topliss-reactive ketones (excluding diaryl/α,β-unsaturated/α-hetero) is 1. The highest BCUT2D eigenvalue weighted by atomic mass is 16.7. The molecule has 0 spiro atoms. The van der Waals surface area contributed by atoms with Gasteiger partial charge in [-0.15, -0.1) is 0 Å². The molecule has 9 rings (SSSR count). The van der Waals surface area contributed by atoms with Crippen LogP contribution in [0.25, 0.3) is 0 Å². The summed E-state index contributed by atoms with van der Waals surface area (Å²) in [4.78, 5) is 54.2. The number of ether oxygens (including phenoxy) is 3. The molecule has 12 atom stereocenters. The average molecular weight is 998 g/mol. The molecule has 390 valence electrons. The molecule has 2 saturated carbocycles. The lowest BCUT2D eigenvalue weighted by Crippen LogP contribution is -2.55. The number of carbonyl (C=O) groups is 4. The van der Waals surface area contributed by atoms with Crippen LogP contribution < -0.4 is 10.1 Å². The van der Waals surface area contributed by atoms with Crippen LogP contribution in [0.4, 0.5) is 0 Å². The van der Waals surface area contributed by atoms with Crippen LogP contribution in [-0.4, -0.2) is 121 Å². The number of aliphatic hydroxyl groups is 5. The monoisotopic (exact) mass is 997 g/mol. The molecule has 5 aliphatic carbocycles. The number of hydrogen-bond acceptors (Lipinski definition) is 15. The summed E-state index contributed by atoms with van der Waals surface area (Å²) in [5, 5.41) is 92.0. The largest absolute Gasteiger partial charge is 0.508 e. The van der Waals surface area contributed by atoms with Gasteiger partial charge in [-0.1, -0.05) is 63.6 Å². The number of aromatic hydroxyl groups is 3. The third kappa shape index (κ3) is 9.02. The first kappa shape index (κ1) is 51.9. The fourth-order valence-corrected chi connectivity index (χ4v) is 14.1. The van der Waals surface area contributed by atoms with Gasteiger partial charge in [0, 0.05) is 47.8 Å². The topological polar surface area (TPSA) is 270 Å². The Kier molecular flexibility index (Phi) is 14.7. The van der Waals surface area contributed by atoms with Gasteiger partial charge in [-0.25, -0.2) is 0 Å². The highest BCUT2D eigenvalue weighted by Crippen LogP contribution is 2.66. The maximum atomic E-state index is 14.0. The van der Waals surface area contributed by atoms with Crippen molar-refractivity contribution in [1.29, 1.82) is 0 Å². The minimum atomic E-state index is -2.33. The zero-order valence-corrected chi connectivity index (χ0v) is 41.5. The summed E-state index contributed by atoms with van der Waals surface area (Å²) in [6.07, 6.45) is 5.50. The first-order valence-electron chi connectivity index (χ1n) is 26.0. The third-order valence-corrected chi connectivity index (χ3v) is 18.0. The number of aryl methyl sites for hydroxylation is 1. The smallest absolute Gasteiger partial charge is 0.220 e. The number of fused-ring (bicyclic) bond motifs is 8. The van der Waals surface area contributed by atoms with E-state index >= 15 is 0 Å². The standard InChI is InChI=1S/C56H71NO15/c1-29-48(63)38(23-43(71-29)72-40-26-56(69,41(61)27-58)24-36-45(40)52(67)47-46(50(36)65)49(64)35-12-11-13-39(70-3)44(35)51(47)66)57-42(62)14-9-7-5-4-6-8-10-20-55(28-59)25-37-34-17-15-30-22-31(60)16-18-32(30)33(34)19-21-54(37,2)53(55)68/h11-13,16,18,22,29,33-34,37-38,40,43,48,53,58-60,63,65,67-69H,4-10,14-15,17,19-21,23-28H2,1-3H3,(H,57,62)/t29-,33+,34+,37-,38-,40-,43-,48+,53+,54-,55+,56-/m0/s1. The van der Waals surface area contributed by atoms with E-state index < -0.39 is 107 Å². The second kappa shape index (κ2) is 20.4. The first-order chi connectivity index (χ1) is 34.4. The van der Waals surface area contributed by atoms with Gasteiger partial charge in [-0.2, -0.15) is 0 Å². The number of phenolic OH excluding ortho intramolecular Hbond substituents is 3. The lowest BCUT2D eigenvalue weighted by atomic mass is 9.55. The highest BCUT2D eigenvalue weighted by molar-refractivity contribution is 6.31. The van der Waals surface area contributed by atoms with Crippen LogP contribution in [-0.2, 0) is 31.9 Å². The number of benzene rings is 3. The Labute approximate surface area is 419 Å². The Hall–Kier alpha value is -4.94. The van der Waals surface area contributed by atoms with Gasteiger partial charge in [0.15, 0.2) is 17.9 Å². The Bertz CT molecular complexity index is 2600. The van der Waals surface area contributed by atoms with Crippen LogP contribution in [0, 0.1) is 22.7 Å². The molecule has 1 aliphatic heterocycles. The summed E-state index contributed by atoms with van der Waals surface area (Å²) in [6.45, 7) is 2.74. The van der Waals surface area contributed by atoms with Crippen LogP contribution in [0.3, 0.4) is 0 Å². The van der Waals surface area contributed by atoms with Crippen molar-refractivity contribution in [3.8, 4) is 23.0 Å². The van der Waals surface area contributed by atoms with E-state index in [-0.39, 0.29) is 58.8 Å². The maximum Gasteiger partial charge on any atom is 0.220 e. The van der Waals surface area contributed by atoms with E-state index in [4.69, 9.17) is 14.2 Å². The van der Waals surface area contributed by atoms with Crippen molar-refractivity contribution >= 4 is 23.3 Å². The van der Waals surface area contributed by atoms with E-state index in [1.807, 2.05) is 6.07 Å². The Balaban J connectivity index is 0.768. The molecule has 0 aromatic heterocycles. The molecule has 16 heteroatoms. The number of unbranched alkanes of at least 4 members (excludes halogenated alkanes) is 6. The number of nitrogens with one attached hydrogen (secondary N) is 1. The van der Waals surface area contributed by atoms with Crippen molar-refractivity contribution in [2.75, 3.05) is 20.3 Å². The Morgan fingerprint density at radius 3 is 2.33 bits per heavy atom. The van der Waals surface area contributed by atoms with E-state index in [2.05, 4.69) is 18.3 Å². The third-order valence-electron chi connectivity index (χ3n) is 18.0. The second-order valence-electron chi connectivity index (χ2n) is 22.1. The van der Waals surface area contributed by atoms with Gasteiger partial charge in [-0.3, -0.25) is 19.2 Å². The molecule has 72 heavy (non-hydrogen) atoms. The lowest BCUT2D eigenvalue weighted by molar-refractivity contribution is -0.249. The van der Waals surface area contributed by atoms with Crippen LogP contribution in [0.15, 0.2) is 36.4 Å². The van der Waals surface area contributed by atoms with Gasteiger partial charge < -0.3 is 60.4 Å². The van der Waals surface area contributed by atoms with Crippen molar-refractivity contribution < 1.29 is 74.2 Å². The number of hydrogen-bond donors (Lipinski definition) is 9. The molecule has 0 radical (unpaired) electrons. The van der Waals surface area contributed by atoms with Gasteiger partial charge in [0.1, 0.15) is 41.3 Å². The van der Waals surface area contributed by atoms with E-state index in [0.29, 0.717) is 29.9 Å². The fraction of sp³-hybridized carbons (Fsp3) is 0.607. The molecule has 16 nitrogen and oxygen atoms in total. The molecule has 1 saturated heterocycles. The van der Waals surface area contributed by atoms with Gasteiger partial charge in [-0.05, 0) is 104 Å². The quantitative estimate of drug-likeness (QED) is 0.0442. The molecule has 9 N–H and O–H groups in total. The van der Waals surface area contributed by atoms with Crippen molar-refractivity contribution in [3.63, 3.8) is 0 Å². The minimum Gasteiger partial charge on any atom is -0.508 e. The molecule has 3 aromatic carbocycles. The maximum absolute atomic E-state index is 14.0. The number of amides is 1. The molecule has 1 amide bonds.